The second kappa shape index (κ2) is 7.44. The summed E-state index contributed by atoms with van der Waals surface area (Å²) < 4.78 is 0. The average Bonchev–Trinajstić information content (AvgIpc) is 2.47. The molecule has 1 N–H and O–H groups in total. The van der Waals surface area contributed by atoms with Crippen LogP contribution in [-0.4, -0.2) is 30.6 Å². The number of hydrogen-bond donors (Lipinski definition) is 1. The van der Waals surface area contributed by atoms with E-state index in [0.717, 1.165) is 12.0 Å². The van der Waals surface area contributed by atoms with Crippen LogP contribution in [0.3, 0.4) is 0 Å². The Hall–Kier alpha value is -0.570. The van der Waals surface area contributed by atoms with Crippen molar-refractivity contribution in [1.82, 2.24) is 10.2 Å². The predicted octanol–water partition coefficient (Wildman–Crippen LogP) is 3.24. The van der Waals surface area contributed by atoms with Gasteiger partial charge in [-0.2, -0.15) is 0 Å². The number of nitrogens with zero attached hydrogens (tertiary/aromatic N) is 1. The highest BCUT2D eigenvalue weighted by atomic mass is 35.5. The second-order valence-corrected chi connectivity index (χ2v) is 6.16. The number of nitrogens with one attached hydrogen (secondary N) is 1. The Balaban J connectivity index is 0.00000147. The van der Waals surface area contributed by atoms with Crippen LogP contribution < -0.4 is 5.32 Å². The highest BCUT2D eigenvalue weighted by molar-refractivity contribution is 5.85. The van der Waals surface area contributed by atoms with Gasteiger partial charge in [-0.25, -0.2) is 0 Å². The number of hydrogen-bond acceptors (Lipinski definition) is 2. The molecule has 2 aliphatic heterocycles. The van der Waals surface area contributed by atoms with Crippen molar-refractivity contribution in [3.05, 3.63) is 35.4 Å². The topological polar surface area (TPSA) is 15.3 Å². The van der Waals surface area contributed by atoms with E-state index >= 15 is 0 Å². The normalized spacial score (nSPS) is 23.9. The summed E-state index contributed by atoms with van der Waals surface area (Å²) in [7, 11) is 0. The minimum Gasteiger partial charge on any atom is -0.317 e. The van der Waals surface area contributed by atoms with E-state index in [0.29, 0.717) is 0 Å². The lowest BCUT2D eigenvalue weighted by molar-refractivity contribution is 0.128. The number of rotatable bonds is 3. The lowest BCUT2D eigenvalue weighted by Crippen LogP contribution is -2.44. The number of fused-ring (bicyclic) bond motifs is 1. The molecule has 1 unspecified atom stereocenters. The van der Waals surface area contributed by atoms with Crippen molar-refractivity contribution < 1.29 is 0 Å². The Bertz CT molecular complexity index is 415. The van der Waals surface area contributed by atoms with E-state index in [2.05, 4.69) is 41.4 Å². The fraction of sp³-hybridized carbons (Fsp3) is 0.647. The van der Waals surface area contributed by atoms with Gasteiger partial charge in [0.2, 0.25) is 0 Å². The zero-order valence-corrected chi connectivity index (χ0v) is 13.3. The van der Waals surface area contributed by atoms with Gasteiger partial charge in [-0.15, -0.1) is 12.4 Å². The van der Waals surface area contributed by atoms with E-state index < -0.39 is 0 Å². The first-order valence-electron chi connectivity index (χ1n) is 7.88. The molecule has 0 spiro atoms. The van der Waals surface area contributed by atoms with Gasteiger partial charge < -0.3 is 5.32 Å². The molecule has 1 fully saturated rings. The Labute approximate surface area is 129 Å². The lowest BCUT2D eigenvalue weighted by atomic mass is 9.90. The van der Waals surface area contributed by atoms with Crippen LogP contribution in [0.15, 0.2) is 24.3 Å². The van der Waals surface area contributed by atoms with Gasteiger partial charge in [0.15, 0.2) is 0 Å². The van der Waals surface area contributed by atoms with Crippen molar-refractivity contribution in [3.8, 4) is 0 Å². The summed E-state index contributed by atoms with van der Waals surface area (Å²) in [5.74, 6) is 0.903. The quantitative estimate of drug-likeness (QED) is 0.921. The number of halogens is 1. The molecule has 112 valence electrons. The summed E-state index contributed by atoms with van der Waals surface area (Å²) in [5, 5.41) is 3.47. The van der Waals surface area contributed by atoms with Crippen LogP contribution in [0.2, 0.25) is 0 Å². The molecule has 1 atom stereocenters. The molecule has 1 aromatic rings. The van der Waals surface area contributed by atoms with Crippen molar-refractivity contribution in [2.75, 3.05) is 19.6 Å². The molecular weight excluding hydrogens is 268 g/mol. The minimum absolute atomic E-state index is 0. The van der Waals surface area contributed by atoms with E-state index in [9.17, 15) is 0 Å². The van der Waals surface area contributed by atoms with Crippen LogP contribution in [0.25, 0.3) is 0 Å². The maximum Gasteiger partial charge on any atom is 0.0239 e. The molecule has 1 saturated heterocycles. The minimum atomic E-state index is 0. The third kappa shape index (κ3) is 3.55. The zero-order chi connectivity index (χ0) is 13.1. The third-order valence-corrected chi connectivity index (χ3v) is 4.89. The molecule has 1 aromatic carbocycles. The fourth-order valence-electron chi connectivity index (χ4n) is 3.65. The van der Waals surface area contributed by atoms with Crippen LogP contribution in [-0.2, 0) is 13.0 Å². The number of piperidine rings is 1. The summed E-state index contributed by atoms with van der Waals surface area (Å²) in [6.07, 6.45) is 5.24. The standard InChI is InChI=1S/C17H26N2.ClH/c1-2-17-11-15-5-3-4-6-16(15)13-19(17)12-14-7-9-18-10-8-14;/h3-6,14,17-18H,2,7-13H2,1H3;1H. The Kier molecular flexibility index (Phi) is 5.88. The fourth-order valence-corrected chi connectivity index (χ4v) is 3.65. The maximum atomic E-state index is 3.47. The van der Waals surface area contributed by atoms with Crippen molar-refractivity contribution >= 4 is 12.4 Å². The molecule has 0 amide bonds. The van der Waals surface area contributed by atoms with Gasteiger partial charge in [-0.05, 0) is 55.8 Å². The molecule has 0 aliphatic carbocycles. The van der Waals surface area contributed by atoms with E-state index in [4.69, 9.17) is 0 Å². The van der Waals surface area contributed by atoms with E-state index in [-0.39, 0.29) is 12.4 Å². The highest BCUT2D eigenvalue weighted by Crippen LogP contribution is 2.27. The SMILES string of the molecule is CCC1Cc2ccccc2CN1CC1CCNCC1.Cl. The zero-order valence-electron chi connectivity index (χ0n) is 12.5. The van der Waals surface area contributed by atoms with Gasteiger partial charge in [0, 0.05) is 19.1 Å². The van der Waals surface area contributed by atoms with Crippen LogP contribution in [0.1, 0.15) is 37.3 Å². The molecule has 0 saturated carbocycles. The maximum absolute atomic E-state index is 3.47. The third-order valence-electron chi connectivity index (χ3n) is 4.89. The average molecular weight is 295 g/mol. The predicted molar refractivity (Wildman–Crippen MR) is 87.5 cm³/mol. The molecule has 3 rings (SSSR count). The van der Waals surface area contributed by atoms with Crippen LogP contribution in [0, 0.1) is 5.92 Å². The van der Waals surface area contributed by atoms with Gasteiger partial charge in [0.1, 0.15) is 0 Å². The first-order valence-corrected chi connectivity index (χ1v) is 7.88. The van der Waals surface area contributed by atoms with Gasteiger partial charge in [0.05, 0.1) is 0 Å². The summed E-state index contributed by atoms with van der Waals surface area (Å²) in [6.45, 7) is 7.24. The smallest absolute Gasteiger partial charge is 0.0239 e. The molecule has 0 bridgehead atoms. The summed E-state index contributed by atoms with van der Waals surface area (Å²) in [6, 6.07) is 9.77. The molecule has 3 heteroatoms. The van der Waals surface area contributed by atoms with Crippen molar-refractivity contribution in [2.24, 2.45) is 5.92 Å². The first-order chi connectivity index (χ1) is 9.36. The van der Waals surface area contributed by atoms with Crippen LogP contribution >= 0.6 is 12.4 Å². The Morgan fingerprint density at radius 1 is 1.15 bits per heavy atom. The van der Waals surface area contributed by atoms with Gasteiger partial charge in [0.25, 0.3) is 0 Å². The van der Waals surface area contributed by atoms with Crippen molar-refractivity contribution in [2.45, 2.75) is 45.2 Å². The van der Waals surface area contributed by atoms with Crippen LogP contribution in [0.5, 0.6) is 0 Å². The lowest BCUT2D eigenvalue weighted by Gasteiger charge is -2.39. The number of benzene rings is 1. The van der Waals surface area contributed by atoms with Crippen molar-refractivity contribution in [3.63, 3.8) is 0 Å². The summed E-state index contributed by atoms with van der Waals surface area (Å²) >= 11 is 0. The van der Waals surface area contributed by atoms with E-state index in [1.54, 1.807) is 11.1 Å². The Morgan fingerprint density at radius 2 is 1.85 bits per heavy atom. The molecular formula is C17H27ClN2. The molecule has 20 heavy (non-hydrogen) atoms. The largest absolute Gasteiger partial charge is 0.317 e. The Morgan fingerprint density at radius 3 is 2.55 bits per heavy atom. The van der Waals surface area contributed by atoms with Gasteiger partial charge in [-0.1, -0.05) is 31.2 Å². The van der Waals surface area contributed by atoms with Crippen LogP contribution in [0.4, 0.5) is 0 Å². The summed E-state index contributed by atoms with van der Waals surface area (Å²) in [4.78, 5) is 2.75. The second-order valence-electron chi connectivity index (χ2n) is 6.16. The summed E-state index contributed by atoms with van der Waals surface area (Å²) in [5.41, 5.74) is 3.14. The molecule has 2 heterocycles. The first kappa shape index (κ1) is 15.8. The molecule has 0 radical (unpaired) electrons. The molecule has 2 nitrogen and oxygen atoms in total. The molecule has 0 aromatic heterocycles. The van der Waals surface area contributed by atoms with Gasteiger partial charge in [-0.3, -0.25) is 4.90 Å². The molecule has 2 aliphatic rings. The van der Waals surface area contributed by atoms with Gasteiger partial charge >= 0.3 is 0 Å². The van der Waals surface area contributed by atoms with E-state index in [1.165, 1.54) is 51.9 Å². The van der Waals surface area contributed by atoms with Crippen molar-refractivity contribution in [1.29, 1.82) is 0 Å². The van der Waals surface area contributed by atoms with E-state index in [1.807, 2.05) is 0 Å². The monoisotopic (exact) mass is 294 g/mol. The highest BCUT2D eigenvalue weighted by Gasteiger charge is 2.27.